The maximum atomic E-state index is 11.7. The van der Waals surface area contributed by atoms with Crippen LogP contribution < -0.4 is 5.09 Å². The third kappa shape index (κ3) is 9.04. The Morgan fingerprint density at radius 2 is 1.93 bits per heavy atom. The van der Waals surface area contributed by atoms with Crippen LogP contribution in [-0.4, -0.2) is 38.3 Å². The van der Waals surface area contributed by atoms with Gasteiger partial charge in [-0.3, -0.25) is 13.4 Å². The predicted molar refractivity (Wildman–Crippen MR) is 62.9 cm³/mol. The summed E-state index contributed by atoms with van der Waals surface area (Å²) >= 11 is 0. The number of aliphatic hydroxyl groups is 1. The van der Waals surface area contributed by atoms with E-state index in [1.54, 1.807) is 13.0 Å². The highest BCUT2D eigenvalue weighted by atomic mass is 31.2. The Bertz CT molecular complexity index is 321. The molecule has 0 aliphatic rings. The van der Waals surface area contributed by atoms with Crippen LogP contribution in [0.1, 0.15) is 6.92 Å². The van der Waals surface area contributed by atoms with Gasteiger partial charge in [-0.1, -0.05) is 11.6 Å². The zero-order chi connectivity index (χ0) is 12.1. The molecule has 0 saturated carbocycles. The van der Waals surface area contributed by atoms with Crippen LogP contribution in [0.5, 0.6) is 0 Å². The molecule has 7 heteroatoms. The highest BCUT2D eigenvalue weighted by Crippen LogP contribution is 2.55. The van der Waals surface area contributed by atoms with Crippen LogP contribution in [0.4, 0.5) is 0 Å². The molecular weight excluding hydrogens is 236 g/mol. The first-order valence-corrected chi connectivity index (χ1v) is 9.11. The number of nitrogens with one attached hydrogen (secondary N) is 1. The monoisotopic (exact) mass is 255 g/mol. The minimum atomic E-state index is -3.03. The van der Waals surface area contributed by atoms with Crippen molar-refractivity contribution < 1.29 is 18.5 Å². The summed E-state index contributed by atoms with van der Waals surface area (Å²) in [6.45, 7) is 6.30. The van der Waals surface area contributed by atoms with Crippen LogP contribution in [0.25, 0.3) is 0 Å². The van der Waals surface area contributed by atoms with Crippen molar-refractivity contribution in [3.8, 4) is 0 Å². The SMILES string of the molecule is C/C(=C/CO)CNP(C)(=O)OP(C)(C)=O. The van der Waals surface area contributed by atoms with Gasteiger partial charge in [-0.15, -0.1) is 0 Å². The minimum absolute atomic E-state index is 0.0531. The molecule has 0 bridgehead atoms. The van der Waals surface area contributed by atoms with E-state index in [1.807, 2.05) is 0 Å². The topological polar surface area (TPSA) is 75.6 Å². The summed E-state index contributed by atoms with van der Waals surface area (Å²) in [6.07, 6.45) is 1.60. The molecule has 0 rings (SSSR count). The summed E-state index contributed by atoms with van der Waals surface area (Å²) < 4.78 is 28.0. The van der Waals surface area contributed by atoms with Crippen molar-refractivity contribution in [2.24, 2.45) is 0 Å². The van der Waals surface area contributed by atoms with E-state index in [2.05, 4.69) is 5.09 Å². The summed E-state index contributed by atoms with van der Waals surface area (Å²) in [5.74, 6) is 0. The molecule has 0 fully saturated rings. The molecule has 90 valence electrons. The number of aliphatic hydroxyl groups excluding tert-OH is 1. The molecule has 0 aromatic heterocycles. The lowest BCUT2D eigenvalue weighted by atomic mass is 10.3. The van der Waals surface area contributed by atoms with Crippen molar-refractivity contribution in [2.45, 2.75) is 6.92 Å². The smallest absolute Gasteiger partial charge is 0.272 e. The lowest BCUT2D eigenvalue weighted by Gasteiger charge is -2.17. The molecule has 0 saturated heterocycles. The molecule has 0 aromatic rings. The van der Waals surface area contributed by atoms with Gasteiger partial charge in [0.25, 0.3) is 7.52 Å². The van der Waals surface area contributed by atoms with Gasteiger partial charge in [0.05, 0.1) is 6.61 Å². The van der Waals surface area contributed by atoms with Gasteiger partial charge in [0.15, 0.2) is 0 Å². The van der Waals surface area contributed by atoms with Crippen LogP contribution in [0.2, 0.25) is 0 Å². The van der Waals surface area contributed by atoms with Gasteiger partial charge in [0.2, 0.25) is 7.37 Å². The Morgan fingerprint density at radius 1 is 1.40 bits per heavy atom. The number of rotatable bonds is 6. The molecule has 0 radical (unpaired) electrons. The van der Waals surface area contributed by atoms with Crippen molar-refractivity contribution in [3.63, 3.8) is 0 Å². The minimum Gasteiger partial charge on any atom is -0.392 e. The second-order valence-electron chi connectivity index (χ2n) is 3.75. The Hall–Kier alpha value is 0.0800. The van der Waals surface area contributed by atoms with Gasteiger partial charge in [-0.25, -0.2) is 5.09 Å². The first-order valence-electron chi connectivity index (χ1n) is 4.52. The largest absolute Gasteiger partial charge is 0.392 e. The summed E-state index contributed by atoms with van der Waals surface area (Å²) in [7, 11) is -5.78. The predicted octanol–water partition coefficient (Wildman–Crippen LogP) is 1.89. The van der Waals surface area contributed by atoms with Gasteiger partial charge in [0.1, 0.15) is 0 Å². The Morgan fingerprint density at radius 3 is 2.33 bits per heavy atom. The molecule has 5 nitrogen and oxygen atoms in total. The van der Waals surface area contributed by atoms with Crippen LogP contribution in [0.3, 0.4) is 0 Å². The van der Waals surface area contributed by atoms with E-state index >= 15 is 0 Å². The van der Waals surface area contributed by atoms with E-state index in [0.29, 0.717) is 6.54 Å². The van der Waals surface area contributed by atoms with Gasteiger partial charge >= 0.3 is 0 Å². The summed E-state index contributed by atoms with van der Waals surface area (Å²) in [6, 6.07) is 0. The van der Waals surface area contributed by atoms with Crippen LogP contribution in [-0.2, 0) is 13.4 Å². The van der Waals surface area contributed by atoms with E-state index in [9.17, 15) is 9.13 Å². The summed E-state index contributed by atoms with van der Waals surface area (Å²) in [5.41, 5.74) is 0.852. The standard InChI is InChI=1S/C8H19NO4P2/c1-8(5-6-10)7-9-15(4,12)13-14(2,3)11/h5,10H,6-7H2,1-4H3,(H,9,12)/b8-5-. The van der Waals surface area contributed by atoms with E-state index in [0.717, 1.165) is 5.57 Å². The third-order valence-electron chi connectivity index (χ3n) is 1.44. The fraction of sp³-hybridized carbons (Fsp3) is 0.750. The van der Waals surface area contributed by atoms with E-state index in [1.165, 1.54) is 20.0 Å². The van der Waals surface area contributed by atoms with Crippen LogP contribution >= 0.6 is 14.9 Å². The second kappa shape index (κ2) is 5.97. The maximum absolute atomic E-state index is 11.7. The lowest BCUT2D eigenvalue weighted by Crippen LogP contribution is -2.13. The van der Waals surface area contributed by atoms with Crippen molar-refractivity contribution in [3.05, 3.63) is 11.6 Å². The van der Waals surface area contributed by atoms with Crippen molar-refractivity contribution in [2.75, 3.05) is 33.1 Å². The van der Waals surface area contributed by atoms with Crippen LogP contribution in [0.15, 0.2) is 11.6 Å². The molecule has 1 unspecified atom stereocenters. The molecule has 2 N–H and O–H groups in total. The molecule has 15 heavy (non-hydrogen) atoms. The lowest BCUT2D eigenvalue weighted by molar-refractivity contribution is 0.341. The van der Waals surface area contributed by atoms with Gasteiger partial charge in [0, 0.05) is 26.5 Å². The molecule has 1 atom stereocenters. The molecule has 0 aliphatic carbocycles. The fourth-order valence-corrected chi connectivity index (χ4v) is 4.67. The Balaban J connectivity index is 4.23. The van der Waals surface area contributed by atoms with Crippen molar-refractivity contribution in [1.29, 1.82) is 0 Å². The fourth-order valence-electron chi connectivity index (χ4n) is 0.900. The van der Waals surface area contributed by atoms with E-state index in [4.69, 9.17) is 9.42 Å². The van der Waals surface area contributed by atoms with Crippen molar-refractivity contribution in [1.82, 2.24) is 5.09 Å². The average molecular weight is 255 g/mol. The normalized spacial score (nSPS) is 17.5. The molecular formula is C8H19NO4P2. The molecule has 0 spiro atoms. The summed E-state index contributed by atoms with van der Waals surface area (Å²) in [4.78, 5) is 0. The Kier molecular flexibility index (Phi) is 6.01. The quantitative estimate of drug-likeness (QED) is 0.560. The highest BCUT2D eigenvalue weighted by Gasteiger charge is 2.22. The number of hydrogen-bond donors (Lipinski definition) is 2. The van der Waals surface area contributed by atoms with E-state index < -0.39 is 14.9 Å². The zero-order valence-electron chi connectivity index (χ0n) is 9.56. The third-order valence-corrected chi connectivity index (χ3v) is 4.99. The first kappa shape index (κ1) is 15.1. The first-order chi connectivity index (χ1) is 6.66. The van der Waals surface area contributed by atoms with Gasteiger partial charge in [-0.2, -0.15) is 0 Å². The van der Waals surface area contributed by atoms with Gasteiger partial charge in [-0.05, 0) is 6.92 Å². The summed E-state index contributed by atoms with van der Waals surface area (Å²) in [5, 5.41) is 11.3. The highest BCUT2D eigenvalue weighted by molar-refractivity contribution is 7.69. The second-order valence-corrected chi connectivity index (χ2v) is 8.91. The molecule has 0 aromatic carbocycles. The maximum Gasteiger partial charge on any atom is 0.272 e. The molecule has 0 heterocycles. The van der Waals surface area contributed by atoms with Crippen molar-refractivity contribution >= 4 is 14.9 Å². The Labute approximate surface area is 90.9 Å². The molecule has 0 amide bonds. The van der Waals surface area contributed by atoms with E-state index in [-0.39, 0.29) is 6.61 Å². The average Bonchev–Trinajstić information content (AvgIpc) is 1.97. The van der Waals surface area contributed by atoms with Crippen LogP contribution in [0, 0.1) is 0 Å². The van der Waals surface area contributed by atoms with Gasteiger partial charge < -0.3 is 5.11 Å². The zero-order valence-corrected chi connectivity index (χ0v) is 11.3. The number of hydrogen-bond acceptors (Lipinski definition) is 4. The molecule has 0 aliphatic heterocycles.